The number of imidazole rings is 1. The fraction of sp³-hybridized carbons (Fsp3) is 0.250. The van der Waals surface area contributed by atoms with Crippen molar-refractivity contribution >= 4 is 40.8 Å². The van der Waals surface area contributed by atoms with Crippen LogP contribution in [0.25, 0.3) is 21.9 Å². The van der Waals surface area contributed by atoms with E-state index < -0.39 is 5.91 Å². The van der Waals surface area contributed by atoms with Crippen molar-refractivity contribution in [1.82, 2.24) is 15.0 Å². The molecule has 7 nitrogen and oxygen atoms in total. The number of hydrogen-bond acceptors (Lipinski definition) is 6. The number of primary amides is 1. The van der Waals surface area contributed by atoms with Crippen LogP contribution in [0, 0.1) is 0 Å². The van der Waals surface area contributed by atoms with Crippen molar-refractivity contribution in [3.05, 3.63) is 52.9 Å². The van der Waals surface area contributed by atoms with E-state index in [0.29, 0.717) is 17.0 Å². The molecule has 1 aromatic carbocycles. The maximum atomic E-state index is 11.1. The molecule has 3 aromatic heterocycles. The molecule has 0 radical (unpaired) electrons. The number of nitrogens with zero attached hydrogens (tertiary/aromatic N) is 2. The third-order valence-electron chi connectivity index (χ3n) is 4.58. The van der Waals surface area contributed by atoms with Gasteiger partial charge in [0.1, 0.15) is 17.3 Å². The first kappa shape index (κ1) is 20.9. The second kappa shape index (κ2) is 9.11. The van der Waals surface area contributed by atoms with Crippen molar-refractivity contribution in [2.45, 2.75) is 32.1 Å². The van der Waals surface area contributed by atoms with E-state index in [0.717, 1.165) is 48.4 Å². The molecular formula is C20H21ClN4O3S. The van der Waals surface area contributed by atoms with E-state index >= 15 is 0 Å². The largest absolute Gasteiger partial charge is 0.506 e. The number of unbranched alkanes of at least 4 members (excludes halogenated alkanes) is 2. The highest BCUT2D eigenvalue weighted by molar-refractivity contribution is 7.13. The first-order chi connectivity index (χ1) is 13.6. The SMILES string of the molecule is Cl.NC(=O)c1c[nH]c(CCCCCc2ccc(O)c3nc(-c4cccs4)oc23)n1. The molecule has 1 amide bonds. The number of rotatable bonds is 8. The number of nitrogens with two attached hydrogens (primary N) is 1. The van der Waals surface area contributed by atoms with Crippen molar-refractivity contribution < 1.29 is 14.3 Å². The van der Waals surface area contributed by atoms with Crippen LogP contribution in [0.3, 0.4) is 0 Å². The third kappa shape index (κ3) is 4.60. The standard InChI is InChI=1S/C20H20N4O3S.ClH/c21-19(26)13-11-22-16(23-13)7-3-1-2-5-12-8-9-14(25)17-18(12)27-20(24-17)15-6-4-10-28-15;/h4,6,8-11,25H,1-3,5,7H2,(H2,21,26)(H,22,23);1H. The van der Waals surface area contributed by atoms with Crippen LogP contribution in [0.5, 0.6) is 5.75 Å². The molecule has 4 N–H and O–H groups in total. The van der Waals surface area contributed by atoms with E-state index in [1.807, 2.05) is 23.6 Å². The number of carbonyl (C=O) groups is 1. The van der Waals surface area contributed by atoms with Crippen LogP contribution in [-0.2, 0) is 12.8 Å². The van der Waals surface area contributed by atoms with Gasteiger partial charge in [0.05, 0.1) is 4.88 Å². The number of aromatic hydroxyl groups is 1. The van der Waals surface area contributed by atoms with E-state index in [9.17, 15) is 9.90 Å². The molecule has 29 heavy (non-hydrogen) atoms. The Bertz CT molecular complexity index is 1100. The highest BCUT2D eigenvalue weighted by Crippen LogP contribution is 2.34. The molecule has 0 aliphatic rings. The van der Waals surface area contributed by atoms with Gasteiger partial charge in [0.15, 0.2) is 11.1 Å². The number of aryl methyl sites for hydroxylation is 2. The third-order valence-corrected chi connectivity index (χ3v) is 5.44. The molecule has 0 saturated carbocycles. The Labute approximate surface area is 177 Å². The second-order valence-corrected chi connectivity index (χ2v) is 7.52. The van der Waals surface area contributed by atoms with Crippen LogP contribution in [0.4, 0.5) is 0 Å². The Morgan fingerprint density at radius 3 is 2.72 bits per heavy atom. The lowest BCUT2D eigenvalue weighted by atomic mass is 10.0. The van der Waals surface area contributed by atoms with Gasteiger partial charge in [-0.1, -0.05) is 18.6 Å². The number of amides is 1. The molecule has 0 saturated heterocycles. The number of thiophene rings is 1. The van der Waals surface area contributed by atoms with E-state index in [4.69, 9.17) is 10.2 Å². The van der Waals surface area contributed by atoms with E-state index in [2.05, 4.69) is 15.0 Å². The predicted molar refractivity (Wildman–Crippen MR) is 115 cm³/mol. The van der Waals surface area contributed by atoms with Gasteiger partial charge < -0.3 is 20.2 Å². The van der Waals surface area contributed by atoms with Crippen LogP contribution < -0.4 is 5.73 Å². The number of phenolic OH excluding ortho intramolecular Hbond substituents is 1. The molecule has 0 aliphatic heterocycles. The number of oxazole rings is 1. The minimum atomic E-state index is -0.521. The maximum absolute atomic E-state index is 11.1. The first-order valence-electron chi connectivity index (χ1n) is 9.11. The maximum Gasteiger partial charge on any atom is 0.268 e. The Morgan fingerprint density at radius 2 is 2.00 bits per heavy atom. The summed E-state index contributed by atoms with van der Waals surface area (Å²) in [4.78, 5) is 23.6. The Kier molecular flexibility index (Phi) is 6.56. The summed E-state index contributed by atoms with van der Waals surface area (Å²) in [5.74, 6) is 0.925. The van der Waals surface area contributed by atoms with Gasteiger partial charge in [-0.3, -0.25) is 4.79 Å². The zero-order valence-electron chi connectivity index (χ0n) is 15.6. The molecule has 9 heteroatoms. The molecule has 0 unspecified atom stereocenters. The van der Waals surface area contributed by atoms with Gasteiger partial charge in [-0.05, 0) is 42.3 Å². The number of halogens is 1. The predicted octanol–water partition coefficient (Wildman–Crippen LogP) is 4.46. The van der Waals surface area contributed by atoms with Crippen molar-refractivity contribution in [2.75, 3.05) is 0 Å². The number of hydrogen-bond donors (Lipinski definition) is 3. The molecule has 3 heterocycles. The van der Waals surface area contributed by atoms with Crippen molar-refractivity contribution in [1.29, 1.82) is 0 Å². The minimum Gasteiger partial charge on any atom is -0.506 e. The summed E-state index contributed by atoms with van der Waals surface area (Å²) >= 11 is 1.55. The molecule has 4 rings (SSSR count). The quantitative estimate of drug-likeness (QED) is 0.355. The monoisotopic (exact) mass is 432 g/mol. The highest BCUT2D eigenvalue weighted by atomic mass is 35.5. The van der Waals surface area contributed by atoms with Crippen molar-refractivity contribution in [3.8, 4) is 16.5 Å². The summed E-state index contributed by atoms with van der Waals surface area (Å²) in [6, 6.07) is 7.46. The zero-order chi connectivity index (χ0) is 19.5. The van der Waals surface area contributed by atoms with Gasteiger partial charge in [-0.15, -0.1) is 23.7 Å². The molecular weight excluding hydrogens is 412 g/mol. The summed E-state index contributed by atoms with van der Waals surface area (Å²) in [5, 5.41) is 12.1. The lowest BCUT2D eigenvalue weighted by Crippen LogP contribution is -2.11. The summed E-state index contributed by atoms with van der Waals surface area (Å²) < 4.78 is 5.96. The smallest absolute Gasteiger partial charge is 0.268 e. The molecule has 0 aliphatic carbocycles. The van der Waals surface area contributed by atoms with Gasteiger partial charge in [-0.2, -0.15) is 0 Å². The molecule has 0 atom stereocenters. The van der Waals surface area contributed by atoms with Gasteiger partial charge in [-0.25, -0.2) is 9.97 Å². The number of H-pyrrole nitrogens is 1. The molecule has 152 valence electrons. The van der Waals surface area contributed by atoms with E-state index in [1.165, 1.54) is 0 Å². The lowest BCUT2D eigenvalue weighted by molar-refractivity contribution is 0.0996. The highest BCUT2D eigenvalue weighted by Gasteiger charge is 2.15. The zero-order valence-corrected chi connectivity index (χ0v) is 17.2. The summed E-state index contributed by atoms with van der Waals surface area (Å²) in [6.07, 6.45) is 6.06. The Hall–Kier alpha value is -2.84. The van der Waals surface area contributed by atoms with Gasteiger partial charge >= 0.3 is 0 Å². The average molecular weight is 433 g/mol. The number of aromatic nitrogens is 3. The van der Waals surface area contributed by atoms with E-state index in [1.54, 1.807) is 23.6 Å². The number of nitrogens with one attached hydrogen (secondary N) is 1. The Balaban J connectivity index is 0.00000240. The molecule has 0 fully saturated rings. The number of aromatic amines is 1. The minimum absolute atomic E-state index is 0. The summed E-state index contributed by atoms with van der Waals surface area (Å²) in [5.41, 5.74) is 7.68. The topological polar surface area (TPSA) is 118 Å². The van der Waals surface area contributed by atoms with E-state index in [-0.39, 0.29) is 23.9 Å². The van der Waals surface area contributed by atoms with Crippen LogP contribution in [0.1, 0.15) is 41.1 Å². The number of carbonyl (C=O) groups excluding carboxylic acids is 1. The summed E-state index contributed by atoms with van der Waals surface area (Å²) in [6.45, 7) is 0. The normalized spacial score (nSPS) is 10.9. The fourth-order valence-corrected chi connectivity index (χ4v) is 3.80. The van der Waals surface area contributed by atoms with Crippen LogP contribution >= 0.6 is 23.7 Å². The fourth-order valence-electron chi connectivity index (χ4n) is 3.15. The van der Waals surface area contributed by atoms with Crippen LogP contribution in [0.15, 0.2) is 40.3 Å². The van der Waals surface area contributed by atoms with Gasteiger partial charge in [0.2, 0.25) is 5.89 Å². The Morgan fingerprint density at radius 1 is 1.17 bits per heavy atom. The number of fused-ring (bicyclic) bond motifs is 1. The lowest BCUT2D eigenvalue weighted by Gasteiger charge is -2.03. The average Bonchev–Trinajstić information content (AvgIpc) is 3.43. The van der Waals surface area contributed by atoms with Crippen molar-refractivity contribution in [2.24, 2.45) is 5.73 Å². The molecule has 0 bridgehead atoms. The summed E-state index contributed by atoms with van der Waals surface area (Å²) in [7, 11) is 0. The second-order valence-electron chi connectivity index (χ2n) is 6.58. The first-order valence-corrected chi connectivity index (χ1v) is 9.99. The van der Waals surface area contributed by atoms with Gasteiger partial charge in [0, 0.05) is 12.6 Å². The molecule has 4 aromatic rings. The van der Waals surface area contributed by atoms with Crippen molar-refractivity contribution in [3.63, 3.8) is 0 Å². The molecule has 0 spiro atoms. The van der Waals surface area contributed by atoms with Crippen LogP contribution in [-0.4, -0.2) is 26.0 Å². The number of phenols is 1. The van der Waals surface area contributed by atoms with Gasteiger partial charge in [0.25, 0.3) is 5.91 Å². The number of benzene rings is 1. The van der Waals surface area contributed by atoms with Crippen LogP contribution in [0.2, 0.25) is 0 Å².